The van der Waals surface area contributed by atoms with Crippen molar-refractivity contribution < 1.29 is 19.0 Å². The maximum atomic E-state index is 12.7. The molecule has 4 aromatic rings. The highest BCUT2D eigenvalue weighted by Crippen LogP contribution is 2.25. The lowest BCUT2D eigenvalue weighted by molar-refractivity contribution is 0.0954. The molecule has 0 aliphatic rings. The van der Waals surface area contributed by atoms with Crippen LogP contribution in [0.5, 0.6) is 17.2 Å². The molecule has 5 heteroatoms. The summed E-state index contributed by atoms with van der Waals surface area (Å²) in [6, 6.07) is 31.4. The Morgan fingerprint density at radius 2 is 1.43 bits per heavy atom. The average Bonchev–Trinajstić information content (AvgIpc) is 2.93. The van der Waals surface area contributed by atoms with Gasteiger partial charge in [-0.2, -0.15) is 0 Å². The third-order valence-electron chi connectivity index (χ3n) is 5.76. The summed E-state index contributed by atoms with van der Waals surface area (Å²) in [5.41, 5.74) is 4.80. The SMILES string of the molecule is COc1ccc(CCNC(=O)c2ccc(OC)c(COc3ccc(-c4ccccc4)cc3)c2)cc1. The Labute approximate surface area is 206 Å². The van der Waals surface area contributed by atoms with Gasteiger partial charge in [-0.25, -0.2) is 0 Å². The fraction of sp³-hybridized carbons (Fsp3) is 0.167. The molecule has 5 nitrogen and oxygen atoms in total. The highest BCUT2D eigenvalue weighted by molar-refractivity contribution is 5.94. The molecule has 0 unspecified atom stereocenters. The van der Waals surface area contributed by atoms with E-state index in [9.17, 15) is 4.79 Å². The minimum absolute atomic E-state index is 0.130. The minimum Gasteiger partial charge on any atom is -0.497 e. The number of benzene rings is 4. The molecule has 0 aliphatic heterocycles. The van der Waals surface area contributed by atoms with Gasteiger partial charge in [0.25, 0.3) is 5.91 Å². The smallest absolute Gasteiger partial charge is 0.251 e. The first-order valence-electron chi connectivity index (χ1n) is 11.5. The largest absolute Gasteiger partial charge is 0.497 e. The van der Waals surface area contributed by atoms with Crippen molar-refractivity contribution in [2.45, 2.75) is 13.0 Å². The number of methoxy groups -OCH3 is 2. The molecule has 0 aromatic heterocycles. The Morgan fingerprint density at radius 1 is 0.743 bits per heavy atom. The summed E-state index contributed by atoms with van der Waals surface area (Å²) in [5, 5.41) is 2.98. The first kappa shape index (κ1) is 23.9. The molecular weight excluding hydrogens is 438 g/mol. The lowest BCUT2D eigenvalue weighted by Crippen LogP contribution is -2.25. The molecule has 4 aromatic carbocycles. The molecule has 4 rings (SSSR count). The molecular formula is C30H29NO4. The Balaban J connectivity index is 1.35. The third kappa shape index (κ3) is 6.42. The van der Waals surface area contributed by atoms with Crippen LogP contribution in [0.15, 0.2) is 97.1 Å². The van der Waals surface area contributed by atoms with Crippen LogP contribution >= 0.6 is 0 Å². The van der Waals surface area contributed by atoms with E-state index in [0.717, 1.165) is 40.2 Å². The molecule has 0 spiro atoms. The van der Waals surface area contributed by atoms with Gasteiger partial charge >= 0.3 is 0 Å². The number of carbonyl (C=O) groups is 1. The molecule has 0 saturated heterocycles. The zero-order valence-electron chi connectivity index (χ0n) is 20.0. The van der Waals surface area contributed by atoms with Gasteiger partial charge in [0, 0.05) is 17.7 Å². The molecule has 0 bridgehead atoms. The third-order valence-corrected chi connectivity index (χ3v) is 5.76. The van der Waals surface area contributed by atoms with Crippen LogP contribution < -0.4 is 19.5 Å². The van der Waals surface area contributed by atoms with E-state index >= 15 is 0 Å². The molecule has 0 saturated carbocycles. The van der Waals surface area contributed by atoms with Crippen molar-refractivity contribution in [3.05, 3.63) is 114 Å². The zero-order valence-corrected chi connectivity index (χ0v) is 20.0. The summed E-state index contributed by atoms with van der Waals surface area (Å²) >= 11 is 0. The Hall–Kier alpha value is -4.25. The summed E-state index contributed by atoms with van der Waals surface area (Å²) in [5.74, 6) is 2.12. The summed E-state index contributed by atoms with van der Waals surface area (Å²) < 4.78 is 16.7. The summed E-state index contributed by atoms with van der Waals surface area (Å²) in [6.45, 7) is 0.831. The topological polar surface area (TPSA) is 56.8 Å². The molecule has 0 radical (unpaired) electrons. The molecule has 1 amide bonds. The maximum Gasteiger partial charge on any atom is 0.251 e. The van der Waals surface area contributed by atoms with Crippen molar-refractivity contribution in [3.8, 4) is 28.4 Å². The van der Waals surface area contributed by atoms with E-state index in [4.69, 9.17) is 14.2 Å². The average molecular weight is 468 g/mol. The van der Waals surface area contributed by atoms with Crippen molar-refractivity contribution in [2.75, 3.05) is 20.8 Å². The van der Waals surface area contributed by atoms with Crippen LogP contribution in [0.4, 0.5) is 0 Å². The molecule has 0 fully saturated rings. The van der Waals surface area contributed by atoms with Gasteiger partial charge in [-0.05, 0) is 65.6 Å². The van der Waals surface area contributed by atoms with E-state index < -0.39 is 0 Å². The summed E-state index contributed by atoms with van der Waals surface area (Å²) in [6.07, 6.45) is 0.737. The van der Waals surface area contributed by atoms with Gasteiger partial charge in [0.2, 0.25) is 0 Å². The van der Waals surface area contributed by atoms with Crippen LogP contribution in [0.3, 0.4) is 0 Å². The Morgan fingerprint density at radius 3 is 2.11 bits per heavy atom. The number of amides is 1. The van der Waals surface area contributed by atoms with Gasteiger partial charge in [-0.15, -0.1) is 0 Å². The van der Waals surface area contributed by atoms with Crippen LogP contribution in [0, 0.1) is 0 Å². The predicted molar refractivity (Wildman–Crippen MR) is 138 cm³/mol. The van der Waals surface area contributed by atoms with Gasteiger partial charge in [0.15, 0.2) is 0 Å². The molecule has 1 N–H and O–H groups in total. The first-order valence-corrected chi connectivity index (χ1v) is 11.5. The maximum absolute atomic E-state index is 12.7. The van der Waals surface area contributed by atoms with E-state index in [1.165, 1.54) is 0 Å². The second-order valence-electron chi connectivity index (χ2n) is 8.06. The van der Waals surface area contributed by atoms with E-state index in [0.29, 0.717) is 24.5 Å². The van der Waals surface area contributed by atoms with E-state index in [1.54, 1.807) is 26.4 Å². The number of rotatable bonds is 10. The molecule has 0 aliphatic carbocycles. The van der Waals surface area contributed by atoms with Gasteiger partial charge in [-0.1, -0.05) is 54.6 Å². The highest BCUT2D eigenvalue weighted by atomic mass is 16.5. The second-order valence-corrected chi connectivity index (χ2v) is 8.06. The van der Waals surface area contributed by atoms with E-state index in [-0.39, 0.29) is 5.91 Å². The molecule has 0 heterocycles. The Bertz CT molecular complexity index is 1240. The van der Waals surface area contributed by atoms with Crippen molar-refractivity contribution in [3.63, 3.8) is 0 Å². The number of carbonyl (C=O) groups excluding carboxylic acids is 1. The van der Waals surface area contributed by atoms with Crippen LogP contribution in [0.25, 0.3) is 11.1 Å². The second kappa shape index (κ2) is 11.7. The lowest BCUT2D eigenvalue weighted by Gasteiger charge is -2.13. The van der Waals surface area contributed by atoms with E-state index in [1.807, 2.05) is 72.8 Å². The lowest BCUT2D eigenvalue weighted by atomic mass is 10.1. The van der Waals surface area contributed by atoms with Crippen LogP contribution in [-0.4, -0.2) is 26.7 Å². The zero-order chi connectivity index (χ0) is 24.5. The van der Waals surface area contributed by atoms with Gasteiger partial charge in [-0.3, -0.25) is 4.79 Å². The minimum atomic E-state index is -0.130. The Kier molecular flexibility index (Phi) is 8.02. The fourth-order valence-electron chi connectivity index (χ4n) is 3.78. The van der Waals surface area contributed by atoms with Crippen molar-refractivity contribution >= 4 is 5.91 Å². The number of ether oxygens (including phenoxy) is 3. The summed E-state index contributed by atoms with van der Waals surface area (Å²) in [4.78, 5) is 12.7. The van der Waals surface area contributed by atoms with Gasteiger partial charge < -0.3 is 19.5 Å². The standard InChI is InChI=1S/C30H29NO4/c1-33-27-13-8-22(9-14-27)18-19-31-30(32)25-12-17-29(34-2)26(20-25)21-35-28-15-10-24(11-16-28)23-6-4-3-5-7-23/h3-17,20H,18-19,21H2,1-2H3,(H,31,32). The quantitative estimate of drug-likeness (QED) is 0.314. The predicted octanol–water partition coefficient (Wildman–Crippen LogP) is 5.92. The number of nitrogens with one attached hydrogen (secondary N) is 1. The fourth-order valence-corrected chi connectivity index (χ4v) is 3.78. The molecule has 0 atom stereocenters. The van der Waals surface area contributed by atoms with Crippen LogP contribution in [-0.2, 0) is 13.0 Å². The number of hydrogen-bond acceptors (Lipinski definition) is 4. The van der Waals surface area contributed by atoms with Crippen molar-refractivity contribution in [1.29, 1.82) is 0 Å². The van der Waals surface area contributed by atoms with Gasteiger partial charge in [0.1, 0.15) is 23.9 Å². The van der Waals surface area contributed by atoms with Crippen molar-refractivity contribution in [2.24, 2.45) is 0 Å². The van der Waals surface area contributed by atoms with Crippen molar-refractivity contribution in [1.82, 2.24) is 5.32 Å². The monoisotopic (exact) mass is 467 g/mol. The normalized spacial score (nSPS) is 10.5. The molecule has 178 valence electrons. The van der Waals surface area contributed by atoms with E-state index in [2.05, 4.69) is 17.4 Å². The first-order chi connectivity index (χ1) is 17.2. The number of hydrogen-bond donors (Lipinski definition) is 1. The summed E-state index contributed by atoms with van der Waals surface area (Å²) in [7, 11) is 3.26. The van der Waals surface area contributed by atoms with Crippen LogP contribution in [0.1, 0.15) is 21.5 Å². The molecule has 35 heavy (non-hydrogen) atoms. The van der Waals surface area contributed by atoms with Crippen LogP contribution in [0.2, 0.25) is 0 Å². The van der Waals surface area contributed by atoms with Gasteiger partial charge in [0.05, 0.1) is 14.2 Å². The highest BCUT2D eigenvalue weighted by Gasteiger charge is 2.11.